The number of aryl methyl sites for hydroxylation is 2. The molecule has 0 aliphatic carbocycles. The number of methoxy groups -OCH3 is 1. The van der Waals surface area contributed by atoms with Gasteiger partial charge in [0.05, 0.1) is 19.0 Å². The molecule has 0 saturated heterocycles. The van der Waals surface area contributed by atoms with Crippen LogP contribution in [0.15, 0.2) is 6.20 Å². The molecule has 2 aromatic rings. The SMILES string of the molecule is CCn1nc(C)c2c1cnn2CC(=O)OC. The molecule has 0 atom stereocenters. The van der Waals surface area contributed by atoms with E-state index in [9.17, 15) is 4.79 Å². The van der Waals surface area contributed by atoms with Gasteiger partial charge in [0, 0.05) is 6.54 Å². The van der Waals surface area contributed by atoms with Crippen LogP contribution in [0.5, 0.6) is 0 Å². The summed E-state index contributed by atoms with van der Waals surface area (Å²) in [6.45, 7) is 4.83. The zero-order valence-electron chi connectivity index (χ0n) is 9.60. The average Bonchev–Trinajstić information content (AvgIpc) is 2.81. The van der Waals surface area contributed by atoms with Crippen molar-refractivity contribution in [2.45, 2.75) is 26.9 Å². The van der Waals surface area contributed by atoms with E-state index in [1.165, 1.54) is 7.11 Å². The molecule has 6 heteroatoms. The van der Waals surface area contributed by atoms with E-state index in [0.29, 0.717) is 0 Å². The third-order valence-electron chi connectivity index (χ3n) is 2.52. The van der Waals surface area contributed by atoms with Gasteiger partial charge in [-0.15, -0.1) is 0 Å². The van der Waals surface area contributed by atoms with Gasteiger partial charge in [0.25, 0.3) is 0 Å². The van der Waals surface area contributed by atoms with Crippen LogP contribution in [0.3, 0.4) is 0 Å². The van der Waals surface area contributed by atoms with Crippen molar-refractivity contribution in [1.82, 2.24) is 19.6 Å². The number of ether oxygens (including phenoxy) is 1. The second-order valence-corrected chi connectivity index (χ2v) is 3.51. The van der Waals surface area contributed by atoms with Crippen LogP contribution in [-0.2, 0) is 22.6 Å². The Morgan fingerprint density at radius 1 is 1.50 bits per heavy atom. The molecule has 2 rings (SSSR count). The van der Waals surface area contributed by atoms with Crippen molar-refractivity contribution in [2.75, 3.05) is 7.11 Å². The van der Waals surface area contributed by atoms with Crippen LogP contribution in [0.1, 0.15) is 12.6 Å². The van der Waals surface area contributed by atoms with Gasteiger partial charge in [-0.25, -0.2) is 0 Å². The number of fused-ring (bicyclic) bond motifs is 1. The van der Waals surface area contributed by atoms with Crippen molar-refractivity contribution in [3.63, 3.8) is 0 Å². The van der Waals surface area contributed by atoms with Crippen LogP contribution in [0, 0.1) is 6.92 Å². The number of carbonyl (C=O) groups is 1. The zero-order valence-corrected chi connectivity index (χ0v) is 9.60. The molecule has 0 saturated carbocycles. The molecule has 0 fully saturated rings. The average molecular weight is 222 g/mol. The largest absolute Gasteiger partial charge is 0.468 e. The summed E-state index contributed by atoms with van der Waals surface area (Å²) < 4.78 is 8.11. The highest BCUT2D eigenvalue weighted by atomic mass is 16.5. The first kappa shape index (κ1) is 10.7. The van der Waals surface area contributed by atoms with Crippen LogP contribution in [0.4, 0.5) is 0 Å². The number of nitrogens with zero attached hydrogens (tertiary/aromatic N) is 4. The number of hydrogen-bond acceptors (Lipinski definition) is 4. The van der Waals surface area contributed by atoms with E-state index in [0.717, 1.165) is 23.3 Å². The maximum absolute atomic E-state index is 11.2. The standard InChI is InChI=1S/C10H14N4O2/c1-4-13-8-5-11-14(6-9(15)16-3)10(8)7(2)12-13/h5H,4,6H2,1-3H3. The monoisotopic (exact) mass is 222 g/mol. The van der Waals surface area contributed by atoms with Crippen LogP contribution in [0.25, 0.3) is 11.0 Å². The van der Waals surface area contributed by atoms with Crippen molar-refractivity contribution >= 4 is 17.0 Å². The van der Waals surface area contributed by atoms with Crippen molar-refractivity contribution in [1.29, 1.82) is 0 Å². The number of carbonyl (C=O) groups excluding carboxylic acids is 1. The number of rotatable bonds is 3. The molecule has 6 nitrogen and oxygen atoms in total. The molecule has 0 bridgehead atoms. The first-order valence-corrected chi connectivity index (χ1v) is 5.13. The second kappa shape index (κ2) is 3.96. The number of esters is 1. The molecule has 86 valence electrons. The third-order valence-corrected chi connectivity index (χ3v) is 2.52. The Bertz CT molecular complexity index is 526. The summed E-state index contributed by atoms with van der Waals surface area (Å²) in [6.07, 6.45) is 1.72. The minimum absolute atomic E-state index is 0.121. The van der Waals surface area contributed by atoms with Crippen molar-refractivity contribution in [3.8, 4) is 0 Å². The summed E-state index contributed by atoms with van der Waals surface area (Å²) in [5.41, 5.74) is 2.72. The van der Waals surface area contributed by atoms with Gasteiger partial charge in [0.2, 0.25) is 0 Å². The van der Waals surface area contributed by atoms with Gasteiger partial charge in [-0.2, -0.15) is 10.2 Å². The van der Waals surface area contributed by atoms with Crippen LogP contribution >= 0.6 is 0 Å². The second-order valence-electron chi connectivity index (χ2n) is 3.51. The summed E-state index contributed by atoms with van der Waals surface area (Å²) in [5.74, 6) is -0.311. The van der Waals surface area contributed by atoms with E-state index in [2.05, 4.69) is 14.9 Å². The fourth-order valence-corrected chi connectivity index (χ4v) is 1.77. The fourth-order valence-electron chi connectivity index (χ4n) is 1.77. The molecule has 2 heterocycles. The predicted octanol–water partition coefficient (Wildman–Crippen LogP) is 0.734. The Morgan fingerprint density at radius 2 is 2.25 bits per heavy atom. The molecule has 0 N–H and O–H groups in total. The van der Waals surface area contributed by atoms with Crippen LogP contribution < -0.4 is 0 Å². The van der Waals surface area contributed by atoms with Crippen molar-refractivity contribution in [3.05, 3.63) is 11.9 Å². The molecule has 0 aromatic carbocycles. The van der Waals surface area contributed by atoms with Crippen LogP contribution in [-0.4, -0.2) is 32.6 Å². The molecular formula is C10H14N4O2. The summed E-state index contributed by atoms with van der Waals surface area (Å²) in [5, 5.41) is 8.53. The Labute approximate surface area is 92.8 Å². The van der Waals surface area contributed by atoms with Crippen molar-refractivity contribution in [2.24, 2.45) is 0 Å². The Hall–Kier alpha value is -1.85. The lowest BCUT2D eigenvalue weighted by Gasteiger charge is -2.00. The highest BCUT2D eigenvalue weighted by Gasteiger charge is 2.14. The first-order chi connectivity index (χ1) is 7.67. The van der Waals surface area contributed by atoms with Gasteiger partial charge in [-0.3, -0.25) is 14.2 Å². The number of aromatic nitrogens is 4. The van der Waals surface area contributed by atoms with Gasteiger partial charge in [0.1, 0.15) is 17.6 Å². The normalized spacial score (nSPS) is 10.9. The molecule has 16 heavy (non-hydrogen) atoms. The number of hydrogen-bond donors (Lipinski definition) is 0. The Kier molecular flexibility index (Phi) is 2.64. The first-order valence-electron chi connectivity index (χ1n) is 5.13. The molecule has 0 spiro atoms. The lowest BCUT2D eigenvalue weighted by Crippen LogP contribution is -2.12. The quantitative estimate of drug-likeness (QED) is 0.718. The van der Waals surface area contributed by atoms with E-state index in [1.54, 1.807) is 10.9 Å². The molecule has 0 aliphatic heterocycles. The zero-order chi connectivity index (χ0) is 11.7. The lowest BCUT2D eigenvalue weighted by atomic mass is 10.4. The minimum atomic E-state index is -0.311. The van der Waals surface area contributed by atoms with E-state index in [-0.39, 0.29) is 12.5 Å². The van der Waals surface area contributed by atoms with Gasteiger partial charge >= 0.3 is 5.97 Å². The van der Waals surface area contributed by atoms with E-state index in [4.69, 9.17) is 0 Å². The van der Waals surface area contributed by atoms with Gasteiger partial charge in [0.15, 0.2) is 0 Å². The molecule has 2 aromatic heterocycles. The molecular weight excluding hydrogens is 208 g/mol. The summed E-state index contributed by atoms with van der Waals surface area (Å²) in [4.78, 5) is 11.2. The Morgan fingerprint density at radius 3 is 2.88 bits per heavy atom. The predicted molar refractivity (Wildman–Crippen MR) is 57.9 cm³/mol. The maximum Gasteiger partial charge on any atom is 0.327 e. The van der Waals surface area contributed by atoms with Gasteiger partial charge in [-0.1, -0.05) is 0 Å². The lowest BCUT2D eigenvalue weighted by molar-refractivity contribution is -0.141. The molecule has 0 unspecified atom stereocenters. The Balaban J connectivity index is 2.47. The molecule has 0 aliphatic rings. The van der Waals surface area contributed by atoms with Gasteiger partial charge in [-0.05, 0) is 13.8 Å². The minimum Gasteiger partial charge on any atom is -0.468 e. The summed E-state index contributed by atoms with van der Waals surface area (Å²) in [7, 11) is 1.37. The highest BCUT2D eigenvalue weighted by Crippen LogP contribution is 2.17. The van der Waals surface area contributed by atoms with Crippen molar-refractivity contribution < 1.29 is 9.53 Å². The van der Waals surface area contributed by atoms with E-state index >= 15 is 0 Å². The van der Waals surface area contributed by atoms with Gasteiger partial charge < -0.3 is 4.74 Å². The summed E-state index contributed by atoms with van der Waals surface area (Å²) >= 11 is 0. The molecule has 0 radical (unpaired) electrons. The smallest absolute Gasteiger partial charge is 0.327 e. The fraction of sp³-hybridized carbons (Fsp3) is 0.500. The maximum atomic E-state index is 11.2. The molecule has 0 amide bonds. The van der Waals surface area contributed by atoms with Crippen LogP contribution in [0.2, 0.25) is 0 Å². The summed E-state index contributed by atoms with van der Waals surface area (Å²) in [6, 6.07) is 0. The third kappa shape index (κ3) is 1.56. The highest BCUT2D eigenvalue weighted by molar-refractivity contribution is 5.79. The van der Waals surface area contributed by atoms with E-state index in [1.807, 2.05) is 18.5 Å². The topological polar surface area (TPSA) is 61.9 Å². The van der Waals surface area contributed by atoms with E-state index < -0.39 is 0 Å².